The van der Waals surface area contributed by atoms with Crippen molar-refractivity contribution in [2.24, 2.45) is 11.7 Å². The van der Waals surface area contributed by atoms with Crippen molar-refractivity contribution in [3.05, 3.63) is 29.3 Å². The number of aryl methyl sites for hydroxylation is 1. The van der Waals surface area contributed by atoms with Gasteiger partial charge in [0.15, 0.2) is 0 Å². The zero-order valence-corrected chi connectivity index (χ0v) is 9.66. The van der Waals surface area contributed by atoms with Crippen molar-refractivity contribution >= 4 is 0 Å². The van der Waals surface area contributed by atoms with Gasteiger partial charge in [-0.1, -0.05) is 25.1 Å². The normalized spacial score (nSPS) is 25.9. The average Bonchev–Trinajstić information content (AvgIpc) is 2.55. The fraction of sp³-hybridized carbons (Fsp3) is 0.538. The molecule has 0 saturated carbocycles. The molecule has 0 spiro atoms. The van der Waals surface area contributed by atoms with Crippen molar-refractivity contribution in [2.75, 3.05) is 6.54 Å². The Morgan fingerprint density at radius 2 is 2.20 bits per heavy atom. The Kier molecular flexibility index (Phi) is 2.70. The summed E-state index contributed by atoms with van der Waals surface area (Å²) in [7, 11) is 0. The molecule has 0 radical (unpaired) electrons. The predicted molar refractivity (Wildman–Crippen MR) is 62.2 cm³/mol. The van der Waals surface area contributed by atoms with Crippen LogP contribution < -0.4 is 10.5 Å². The lowest BCUT2D eigenvalue weighted by Gasteiger charge is -2.20. The fourth-order valence-corrected chi connectivity index (χ4v) is 2.53. The van der Waals surface area contributed by atoms with E-state index in [0.717, 1.165) is 5.75 Å². The highest BCUT2D eigenvalue weighted by Crippen LogP contribution is 2.43. The van der Waals surface area contributed by atoms with Crippen LogP contribution in [0.3, 0.4) is 0 Å². The molecule has 2 rings (SSSR count). The Hall–Kier alpha value is -1.02. The summed E-state index contributed by atoms with van der Waals surface area (Å²) in [6.45, 7) is 7.14. The third-order valence-electron chi connectivity index (χ3n) is 3.40. The van der Waals surface area contributed by atoms with Gasteiger partial charge in [0.25, 0.3) is 0 Å². The van der Waals surface area contributed by atoms with Gasteiger partial charge in [0, 0.05) is 11.5 Å². The smallest absolute Gasteiger partial charge is 0.126 e. The molecule has 2 nitrogen and oxygen atoms in total. The molecule has 1 aromatic carbocycles. The maximum Gasteiger partial charge on any atom is 0.126 e. The molecule has 3 atom stereocenters. The van der Waals surface area contributed by atoms with E-state index in [9.17, 15) is 0 Å². The standard InChI is InChI=1S/C13H19NO/c1-8-5-4-6-11-12(9(2)7-14)10(3)15-13(8)11/h4-6,9-10,12H,7,14H2,1-3H3. The largest absolute Gasteiger partial charge is 0.489 e. The molecular formula is C13H19NO. The zero-order chi connectivity index (χ0) is 11.0. The number of ether oxygens (including phenoxy) is 1. The van der Waals surface area contributed by atoms with Gasteiger partial charge in [-0.25, -0.2) is 0 Å². The number of hydrogen-bond donors (Lipinski definition) is 1. The van der Waals surface area contributed by atoms with Crippen LogP contribution in [-0.4, -0.2) is 12.6 Å². The molecular weight excluding hydrogens is 186 g/mol. The Morgan fingerprint density at radius 1 is 1.47 bits per heavy atom. The van der Waals surface area contributed by atoms with Gasteiger partial charge < -0.3 is 10.5 Å². The summed E-state index contributed by atoms with van der Waals surface area (Å²) in [6.07, 6.45) is 0.250. The molecule has 2 N–H and O–H groups in total. The van der Waals surface area contributed by atoms with Crippen LogP contribution >= 0.6 is 0 Å². The second-order valence-electron chi connectivity index (χ2n) is 4.56. The van der Waals surface area contributed by atoms with E-state index in [0.29, 0.717) is 18.4 Å². The van der Waals surface area contributed by atoms with Crippen LogP contribution in [0.5, 0.6) is 5.75 Å². The summed E-state index contributed by atoms with van der Waals surface area (Å²) in [4.78, 5) is 0. The molecule has 82 valence electrons. The molecule has 2 heteroatoms. The van der Waals surface area contributed by atoms with E-state index >= 15 is 0 Å². The van der Waals surface area contributed by atoms with Crippen LogP contribution in [-0.2, 0) is 0 Å². The summed E-state index contributed by atoms with van der Waals surface area (Å²) in [6, 6.07) is 6.37. The molecule has 15 heavy (non-hydrogen) atoms. The summed E-state index contributed by atoms with van der Waals surface area (Å²) in [5.74, 6) is 2.00. The number of fused-ring (bicyclic) bond motifs is 1. The van der Waals surface area contributed by atoms with Crippen molar-refractivity contribution in [1.29, 1.82) is 0 Å². The molecule has 0 amide bonds. The van der Waals surface area contributed by atoms with E-state index in [1.807, 2.05) is 0 Å². The van der Waals surface area contributed by atoms with Crippen molar-refractivity contribution in [2.45, 2.75) is 32.8 Å². The molecule has 0 bridgehead atoms. The second-order valence-corrected chi connectivity index (χ2v) is 4.56. The lowest BCUT2D eigenvalue weighted by Crippen LogP contribution is -2.25. The van der Waals surface area contributed by atoms with Gasteiger partial charge in [0.1, 0.15) is 11.9 Å². The van der Waals surface area contributed by atoms with Crippen molar-refractivity contribution in [3.63, 3.8) is 0 Å². The Morgan fingerprint density at radius 3 is 2.87 bits per heavy atom. The topological polar surface area (TPSA) is 35.2 Å². The highest BCUT2D eigenvalue weighted by Gasteiger charge is 2.35. The van der Waals surface area contributed by atoms with E-state index in [4.69, 9.17) is 10.5 Å². The van der Waals surface area contributed by atoms with Crippen molar-refractivity contribution < 1.29 is 4.74 Å². The molecule has 0 saturated heterocycles. The summed E-state index contributed by atoms with van der Waals surface area (Å²) < 4.78 is 5.92. The Labute approximate surface area is 91.4 Å². The lowest BCUT2D eigenvalue weighted by atomic mass is 9.84. The molecule has 1 heterocycles. The highest BCUT2D eigenvalue weighted by atomic mass is 16.5. The molecule has 1 aliphatic rings. The van der Waals surface area contributed by atoms with Gasteiger partial charge in [0.2, 0.25) is 0 Å². The van der Waals surface area contributed by atoms with Gasteiger partial charge in [-0.05, 0) is 31.9 Å². The quantitative estimate of drug-likeness (QED) is 0.805. The Balaban J connectivity index is 2.41. The SMILES string of the molecule is Cc1cccc2c1OC(C)C2C(C)CN. The van der Waals surface area contributed by atoms with Crippen LogP contribution in [0.15, 0.2) is 18.2 Å². The van der Waals surface area contributed by atoms with E-state index in [2.05, 4.69) is 39.0 Å². The van der Waals surface area contributed by atoms with Gasteiger partial charge in [-0.15, -0.1) is 0 Å². The monoisotopic (exact) mass is 205 g/mol. The minimum atomic E-state index is 0.250. The molecule has 0 fully saturated rings. The fourth-order valence-electron chi connectivity index (χ4n) is 2.53. The van der Waals surface area contributed by atoms with Crippen molar-refractivity contribution in [3.8, 4) is 5.75 Å². The molecule has 3 unspecified atom stereocenters. The van der Waals surface area contributed by atoms with Gasteiger partial charge in [0.05, 0.1) is 0 Å². The number of benzene rings is 1. The van der Waals surface area contributed by atoms with Gasteiger partial charge in [-0.3, -0.25) is 0 Å². The first-order valence-electron chi connectivity index (χ1n) is 5.61. The second kappa shape index (κ2) is 3.86. The molecule has 1 aliphatic heterocycles. The maximum absolute atomic E-state index is 5.92. The van der Waals surface area contributed by atoms with Gasteiger partial charge >= 0.3 is 0 Å². The van der Waals surface area contributed by atoms with E-state index in [-0.39, 0.29) is 6.10 Å². The van der Waals surface area contributed by atoms with Crippen LogP contribution in [0.1, 0.15) is 30.9 Å². The highest BCUT2D eigenvalue weighted by molar-refractivity contribution is 5.46. The summed E-state index contributed by atoms with van der Waals surface area (Å²) in [5, 5.41) is 0. The first kappa shape index (κ1) is 10.5. The molecule has 0 aliphatic carbocycles. The summed E-state index contributed by atoms with van der Waals surface area (Å²) in [5.41, 5.74) is 8.32. The third kappa shape index (κ3) is 1.63. The number of hydrogen-bond acceptors (Lipinski definition) is 2. The molecule has 1 aromatic rings. The van der Waals surface area contributed by atoms with Crippen LogP contribution in [0.2, 0.25) is 0 Å². The van der Waals surface area contributed by atoms with E-state index in [1.54, 1.807) is 0 Å². The minimum Gasteiger partial charge on any atom is -0.489 e. The molecule has 0 aromatic heterocycles. The minimum absolute atomic E-state index is 0.250. The first-order chi connectivity index (χ1) is 7.15. The number of nitrogens with two attached hydrogens (primary N) is 1. The van der Waals surface area contributed by atoms with Crippen molar-refractivity contribution in [1.82, 2.24) is 0 Å². The lowest BCUT2D eigenvalue weighted by molar-refractivity contribution is 0.200. The predicted octanol–water partition coefficient (Wildman–Crippen LogP) is 2.45. The third-order valence-corrected chi connectivity index (χ3v) is 3.40. The van der Waals surface area contributed by atoms with E-state index < -0.39 is 0 Å². The average molecular weight is 205 g/mol. The zero-order valence-electron chi connectivity index (χ0n) is 9.66. The maximum atomic E-state index is 5.92. The van der Waals surface area contributed by atoms with Crippen LogP contribution in [0, 0.1) is 12.8 Å². The van der Waals surface area contributed by atoms with Crippen LogP contribution in [0.25, 0.3) is 0 Å². The van der Waals surface area contributed by atoms with E-state index in [1.165, 1.54) is 11.1 Å². The summed E-state index contributed by atoms with van der Waals surface area (Å²) >= 11 is 0. The first-order valence-corrected chi connectivity index (χ1v) is 5.61. The number of rotatable bonds is 2. The van der Waals surface area contributed by atoms with Gasteiger partial charge in [-0.2, -0.15) is 0 Å². The Bertz CT molecular complexity index is 362. The number of para-hydroxylation sites is 1. The van der Waals surface area contributed by atoms with Crippen LogP contribution in [0.4, 0.5) is 0 Å².